The number of rotatable bonds is 3. The molecule has 2 aromatic heterocycles. The molecule has 1 aromatic carbocycles. The lowest BCUT2D eigenvalue weighted by Gasteiger charge is -2.33. The van der Waals surface area contributed by atoms with Gasteiger partial charge in [0, 0.05) is 31.3 Å². The van der Waals surface area contributed by atoms with E-state index in [-0.39, 0.29) is 16.5 Å². The van der Waals surface area contributed by atoms with E-state index in [0.717, 1.165) is 30.9 Å². The Morgan fingerprint density at radius 3 is 2.83 bits per heavy atom. The zero-order valence-electron chi connectivity index (χ0n) is 13.1. The van der Waals surface area contributed by atoms with Gasteiger partial charge in [-0.25, -0.2) is 0 Å². The van der Waals surface area contributed by atoms with E-state index >= 15 is 0 Å². The number of pyridine rings is 1. The summed E-state index contributed by atoms with van der Waals surface area (Å²) >= 11 is 0. The van der Waals surface area contributed by atoms with Crippen LogP contribution in [0.2, 0.25) is 0 Å². The van der Waals surface area contributed by atoms with E-state index in [2.05, 4.69) is 15.1 Å². The molecule has 0 amide bonds. The van der Waals surface area contributed by atoms with Crippen LogP contribution in [-0.2, 0) is 0 Å². The molecular weight excluding hydrogens is 306 g/mol. The van der Waals surface area contributed by atoms with Crippen molar-refractivity contribution in [3.63, 3.8) is 0 Å². The summed E-state index contributed by atoms with van der Waals surface area (Å²) in [6.45, 7) is 1.53. The zero-order valence-corrected chi connectivity index (χ0v) is 13.1. The molecule has 0 saturated carbocycles. The number of nitrogens with zero attached hydrogens (tertiary/aromatic N) is 5. The molecule has 1 aliphatic rings. The van der Waals surface area contributed by atoms with Crippen LogP contribution in [0.4, 0.5) is 11.4 Å². The second-order valence-electron chi connectivity index (χ2n) is 6.02. The average Bonchev–Trinajstić information content (AvgIpc) is 3.06. The van der Waals surface area contributed by atoms with Crippen LogP contribution in [0.3, 0.4) is 0 Å². The van der Waals surface area contributed by atoms with E-state index in [1.165, 1.54) is 0 Å². The fourth-order valence-electron chi connectivity index (χ4n) is 3.43. The third kappa shape index (κ3) is 2.47. The highest BCUT2D eigenvalue weighted by Crippen LogP contribution is 2.34. The molecule has 1 saturated heterocycles. The minimum atomic E-state index is -0.314. The first kappa shape index (κ1) is 14.6. The topological polar surface area (TPSA) is 76.6 Å². The highest BCUT2D eigenvalue weighted by atomic mass is 16.6. The van der Waals surface area contributed by atoms with Crippen molar-refractivity contribution in [3.05, 3.63) is 64.6 Å². The van der Waals surface area contributed by atoms with E-state index < -0.39 is 0 Å². The lowest BCUT2D eigenvalue weighted by Crippen LogP contribution is -2.35. The van der Waals surface area contributed by atoms with E-state index in [1.807, 2.05) is 40.9 Å². The normalized spacial score (nSPS) is 18.0. The van der Waals surface area contributed by atoms with Crippen molar-refractivity contribution in [2.75, 3.05) is 18.0 Å². The Morgan fingerprint density at radius 2 is 1.96 bits per heavy atom. The smallest absolute Gasteiger partial charge is 0.292 e. The Balaban J connectivity index is 1.66. The van der Waals surface area contributed by atoms with E-state index in [4.69, 9.17) is 0 Å². The SMILES string of the molecule is O=[N+]([O-])c1ccccc1N1CCCC(c2nnc3ccccn23)C1. The third-order valence-corrected chi connectivity index (χ3v) is 4.55. The van der Waals surface area contributed by atoms with E-state index in [9.17, 15) is 10.1 Å². The number of hydrogen-bond acceptors (Lipinski definition) is 5. The Morgan fingerprint density at radius 1 is 1.12 bits per heavy atom. The second-order valence-corrected chi connectivity index (χ2v) is 6.02. The number of nitro benzene ring substituents is 1. The van der Waals surface area contributed by atoms with Gasteiger partial charge in [-0.3, -0.25) is 14.5 Å². The van der Waals surface area contributed by atoms with Crippen LogP contribution in [0, 0.1) is 10.1 Å². The number of aromatic nitrogens is 3. The van der Waals surface area contributed by atoms with Crippen molar-refractivity contribution in [3.8, 4) is 0 Å². The summed E-state index contributed by atoms with van der Waals surface area (Å²) in [5, 5.41) is 19.9. The molecule has 7 nitrogen and oxygen atoms in total. The summed E-state index contributed by atoms with van der Waals surface area (Å²) in [6.07, 6.45) is 3.94. The molecule has 0 N–H and O–H groups in total. The van der Waals surface area contributed by atoms with Gasteiger partial charge >= 0.3 is 0 Å². The van der Waals surface area contributed by atoms with Gasteiger partial charge < -0.3 is 4.90 Å². The molecule has 1 atom stereocenters. The van der Waals surface area contributed by atoms with Crippen LogP contribution in [-0.4, -0.2) is 32.6 Å². The van der Waals surface area contributed by atoms with Crippen LogP contribution in [0.1, 0.15) is 24.6 Å². The van der Waals surface area contributed by atoms with Crippen LogP contribution in [0.5, 0.6) is 0 Å². The molecule has 3 heterocycles. The number of para-hydroxylation sites is 2. The molecule has 4 rings (SSSR count). The lowest BCUT2D eigenvalue weighted by molar-refractivity contribution is -0.384. The van der Waals surface area contributed by atoms with Gasteiger partial charge in [0.05, 0.1) is 4.92 Å². The summed E-state index contributed by atoms with van der Waals surface area (Å²) in [7, 11) is 0. The summed E-state index contributed by atoms with van der Waals surface area (Å²) in [5.41, 5.74) is 1.67. The number of fused-ring (bicyclic) bond motifs is 1. The fourth-order valence-corrected chi connectivity index (χ4v) is 3.43. The van der Waals surface area contributed by atoms with Crippen LogP contribution in [0.15, 0.2) is 48.7 Å². The summed E-state index contributed by atoms with van der Waals surface area (Å²) in [4.78, 5) is 13.1. The first-order valence-corrected chi connectivity index (χ1v) is 8.02. The second kappa shape index (κ2) is 5.92. The van der Waals surface area contributed by atoms with Crippen molar-refractivity contribution in [1.82, 2.24) is 14.6 Å². The monoisotopic (exact) mass is 323 g/mol. The van der Waals surface area contributed by atoms with Gasteiger partial charge in [0.1, 0.15) is 11.5 Å². The van der Waals surface area contributed by atoms with Gasteiger partial charge in [0.15, 0.2) is 5.65 Å². The molecule has 0 bridgehead atoms. The maximum Gasteiger partial charge on any atom is 0.292 e. The molecule has 0 radical (unpaired) electrons. The van der Waals surface area contributed by atoms with Gasteiger partial charge in [-0.05, 0) is 31.0 Å². The Labute approximate surface area is 138 Å². The van der Waals surface area contributed by atoms with E-state index in [1.54, 1.807) is 12.1 Å². The minimum absolute atomic E-state index is 0.157. The first-order valence-electron chi connectivity index (χ1n) is 8.02. The molecule has 122 valence electrons. The molecule has 0 spiro atoms. The summed E-state index contributed by atoms with van der Waals surface area (Å²) < 4.78 is 2.01. The zero-order chi connectivity index (χ0) is 16.5. The molecule has 24 heavy (non-hydrogen) atoms. The number of piperidine rings is 1. The maximum atomic E-state index is 11.3. The lowest BCUT2D eigenvalue weighted by atomic mass is 9.96. The maximum absolute atomic E-state index is 11.3. The summed E-state index contributed by atoms with van der Waals surface area (Å²) in [5.74, 6) is 1.13. The van der Waals surface area contributed by atoms with Crippen molar-refractivity contribution < 1.29 is 4.92 Å². The average molecular weight is 323 g/mol. The fraction of sp³-hybridized carbons (Fsp3) is 0.294. The predicted molar refractivity (Wildman–Crippen MR) is 90.3 cm³/mol. The minimum Gasteiger partial charge on any atom is -0.365 e. The number of hydrogen-bond donors (Lipinski definition) is 0. The van der Waals surface area contributed by atoms with Crippen LogP contribution >= 0.6 is 0 Å². The van der Waals surface area contributed by atoms with Gasteiger partial charge in [-0.15, -0.1) is 10.2 Å². The molecule has 0 aliphatic carbocycles. The Bertz CT molecular complexity index is 891. The molecular formula is C17H17N5O2. The molecule has 1 unspecified atom stereocenters. The van der Waals surface area contributed by atoms with Crippen molar-refractivity contribution in [2.45, 2.75) is 18.8 Å². The third-order valence-electron chi connectivity index (χ3n) is 4.55. The largest absolute Gasteiger partial charge is 0.365 e. The molecule has 1 aliphatic heterocycles. The predicted octanol–water partition coefficient (Wildman–Crippen LogP) is 3.02. The molecule has 3 aromatic rings. The Kier molecular flexibility index (Phi) is 3.60. The van der Waals surface area contributed by atoms with Gasteiger partial charge in [-0.1, -0.05) is 18.2 Å². The Hall–Kier alpha value is -2.96. The highest BCUT2D eigenvalue weighted by molar-refractivity contribution is 5.63. The van der Waals surface area contributed by atoms with Crippen molar-refractivity contribution in [1.29, 1.82) is 0 Å². The van der Waals surface area contributed by atoms with Gasteiger partial charge in [0.25, 0.3) is 5.69 Å². The molecule has 7 heteroatoms. The van der Waals surface area contributed by atoms with Crippen molar-refractivity contribution in [2.24, 2.45) is 0 Å². The van der Waals surface area contributed by atoms with E-state index in [0.29, 0.717) is 12.2 Å². The van der Waals surface area contributed by atoms with Crippen molar-refractivity contribution >= 4 is 17.0 Å². The standard InChI is InChI=1S/C17H17N5O2/c23-22(24)15-8-2-1-7-14(15)20-10-5-6-13(12-20)17-19-18-16-9-3-4-11-21(16)17/h1-4,7-9,11,13H,5-6,10,12H2. The van der Waals surface area contributed by atoms with Crippen LogP contribution in [0.25, 0.3) is 5.65 Å². The van der Waals surface area contributed by atoms with Gasteiger partial charge in [-0.2, -0.15) is 0 Å². The number of benzene rings is 1. The highest BCUT2D eigenvalue weighted by Gasteiger charge is 2.28. The number of anilines is 1. The quantitative estimate of drug-likeness (QED) is 0.547. The van der Waals surface area contributed by atoms with Gasteiger partial charge in [0.2, 0.25) is 0 Å². The summed E-state index contributed by atoms with van der Waals surface area (Å²) in [6, 6.07) is 12.8. The number of nitro groups is 1. The molecule has 1 fully saturated rings. The first-order chi connectivity index (χ1) is 11.7. The van der Waals surface area contributed by atoms with Crippen LogP contribution < -0.4 is 4.90 Å².